The SMILES string of the molecule is NNC(CCc1ccccn1)C1CC1c1ccccc1. The van der Waals surface area contributed by atoms with Crippen LogP contribution in [0.5, 0.6) is 0 Å². The lowest BCUT2D eigenvalue weighted by atomic mass is 10.0. The maximum absolute atomic E-state index is 5.75. The molecule has 0 bridgehead atoms. The molecule has 0 aliphatic heterocycles. The monoisotopic (exact) mass is 267 g/mol. The van der Waals surface area contributed by atoms with Gasteiger partial charge in [-0.3, -0.25) is 16.3 Å². The van der Waals surface area contributed by atoms with Gasteiger partial charge < -0.3 is 0 Å². The van der Waals surface area contributed by atoms with E-state index in [0.717, 1.165) is 18.5 Å². The third kappa shape index (κ3) is 3.06. The number of nitrogens with zero attached hydrogens (tertiary/aromatic N) is 1. The van der Waals surface area contributed by atoms with Gasteiger partial charge in [-0.1, -0.05) is 36.4 Å². The highest BCUT2D eigenvalue weighted by Gasteiger charge is 2.43. The molecule has 20 heavy (non-hydrogen) atoms. The fourth-order valence-corrected chi connectivity index (χ4v) is 3.01. The van der Waals surface area contributed by atoms with Crippen LogP contribution in [0.25, 0.3) is 0 Å². The summed E-state index contributed by atoms with van der Waals surface area (Å²) in [5, 5.41) is 0. The van der Waals surface area contributed by atoms with Gasteiger partial charge in [0.15, 0.2) is 0 Å². The van der Waals surface area contributed by atoms with Gasteiger partial charge in [0, 0.05) is 17.9 Å². The van der Waals surface area contributed by atoms with E-state index >= 15 is 0 Å². The summed E-state index contributed by atoms with van der Waals surface area (Å²) in [5.41, 5.74) is 5.59. The number of pyridine rings is 1. The highest BCUT2D eigenvalue weighted by Crippen LogP contribution is 2.50. The molecular formula is C17H21N3. The van der Waals surface area contributed by atoms with Crippen LogP contribution >= 0.6 is 0 Å². The Morgan fingerprint density at radius 2 is 1.95 bits per heavy atom. The quantitative estimate of drug-likeness (QED) is 0.625. The molecule has 3 nitrogen and oxygen atoms in total. The largest absolute Gasteiger partial charge is 0.271 e. The van der Waals surface area contributed by atoms with Crippen LogP contribution in [-0.4, -0.2) is 11.0 Å². The smallest absolute Gasteiger partial charge is 0.0404 e. The Morgan fingerprint density at radius 1 is 1.15 bits per heavy atom. The van der Waals surface area contributed by atoms with Gasteiger partial charge in [-0.2, -0.15) is 0 Å². The predicted octanol–water partition coefficient (Wildman–Crippen LogP) is 2.65. The number of rotatable bonds is 6. The van der Waals surface area contributed by atoms with E-state index < -0.39 is 0 Å². The fourth-order valence-electron chi connectivity index (χ4n) is 3.01. The van der Waals surface area contributed by atoms with Crippen LogP contribution in [-0.2, 0) is 6.42 Å². The van der Waals surface area contributed by atoms with Crippen molar-refractivity contribution in [1.29, 1.82) is 0 Å². The van der Waals surface area contributed by atoms with E-state index in [9.17, 15) is 0 Å². The predicted molar refractivity (Wildman–Crippen MR) is 81.0 cm³/mol. The van der Waals surface area contributed by atoms with Crippen molar-refractivity contribution in [3.8, 4) is 0 Å². The van der Waals surface area contributed by atoms with Gasteiger partial charge in [-0.15, -0.1) is 0 Å². The summed E-state index contributed by atoms with van der Waals surface area (Å²) in [7, 11) is 0. The van der Waals surface area contributed by atoms with Gasteiger partial charge in [0.2, 0.25) is 0 Å². The molecule has 1 aromatic heterocycles. The first kappa shape index (κ1) is 13.3. The highest BCUT2D eigenvalue weighted by atomic mass is 15.2. The van der Waals surface area contributed by atoms with Crippen LogP contribution in [0, 0.1) is 5.92 Å². The molecule has 3 atom stereocenters. The van der Waals surface area contributed by atoms with Crippen molar-refractivity contribution in [2.24, 2.45) is 11.8 Å². The molecule has 3 rings (SSSR count). The average molecular weight is 267 g/mol. The molecule has 3 heteroatoms. The van der Waals surface area contributed by atoms with Gasteiger partial charge in [0.1, 0.15) is 0 Å². The van der Waals surface area contributed by atoms with Crippen molar-refractivity contribution in [2.75, 3.05) is 0 Å². The lowest BCUT2D eigenvalue weighted by Gasteiger charge is -2.15. The summed E-state index contributed by atoms with van der Waals surface area (Å²) in [5.74, 6) is 7.07. The maximum Gasteiger partial charge on any atom is 0.0404 e. The zero-order valence-electron chi connectivity index (χ0n) is 11.6. The van der Waals surface area contributed by atoms with Crippen molar-refractivity contribution in [3.63, 3.8) is 0 Å². The Hall–Kier alpha value is -1.71. The molecular weight excluding hydrogens is 246 g/mol. The standard InChI is InChI=1S/C17H21N3/c18-20-17(10-9-14-8-4-5-11-19-14)16-12-15(16)13-6-2-1-3-7-13/h1-8,11,15-17,20H,9-10,12,18H2. The number of hydrogen-bond donors (Lipinski definition) is 2. The Kier molecular flexibility index (Phi) is 4.09. The highest BCUT2D eigenvalue weighted by molar-refractivity contribution is 5.26. The molecule has 1 aromatic carbocycles. The molecule has 3 unspecified atom stereocenters. The van der Waals surface area contributed by atoms with Gasteiger partial charge in [0.05, 0.1) is 0 Å². The summed E-state index contributed by atoms with van der Waals surface area (Å²) in [6.07, 6.45) is 5.11. The zero-order chi connectivity index (χ0) is 13.8. The molecule has 0 saturated heterocycles. The molecule has 0 radical (unpaired) electrons. The Labute approximate surface area is 120 Å². The molecule has 104 valence electrons. The molecule has 1 aliphatic carbocycles. The molecule has 1 saturated carbocycles. The van der Waals surface area contributed by atoms with E-state index in [-0.39, 0.29) is 0 Å². The summed E-state index contributed by atoms with van der Waals surface area (Å²) in [6, 6.07) is 17.2. The normalized spacial score (nSPS) is 22.4. The maximum atomic E-state index is 5.75. The third-order valence-corrected chi connectivity index (χ3v) is 4.24. The Bertz CT molecular complexity index is 526. The van der Waals surface area contributed by atoms with Crippen molar-refractivity contribution in [2.45, 2.75) is 31.2 Å². The molecule has 3 N–H and O–H groups in total. The second-order valence-electron chi connectivity index (χ2n) is 5.55. The van der Waals surface area contributed by atoms with Crippen LogP contribution in [0.2, 0.25) is 0 Å². The minimum Gasteiger partial charge on any atom is -0.271 e. The molecule has 1 aliphatic rings. The van der Waals surface area contributed by atoms with E-state index in [2.05, 4.69) is 46.8 Å². The topological polar surface area (TPSA) is 50.9 Å². The molecule has 2 aromatic rings. The van der Waals surface area contributed by atoms with E-state index in [0.29, 0.717) is 17.9 Å². The second-order valence-corrected chi connectivity index (χ2v) is 5.55. The Morgan fingerprint density at radius 3 is 2.65 bits per heavy atom. The van der Waals surface area contributed by atoms with Crippen LogP contribution in [0.15, 0.2) is 54.7 Å². The van der Waals surface area contributed by atoms with E-state index in [1.165, 1.54) is 12.0 Å². The van der Waals surface area contributed by atoms with Gasteiger partial charge in [0.25, 0.3) is 0 Å². The van der Waals surface area contributed by atoms with E-state index in [1.807, 2.05) is 18.3 Å². The van der Waals surface area contributed by atoms with Crippen molar-refractivity contribution >= 4 is 0 Å². The number of nitrogens with one attached hydrogen (secondary N) is 1. The first-order valence-electron chi connectivity index (χ1n) is 7.29. The van der Waals surface area contributed by atoms with E-state index in [1.54, 1.807) is 0 Å². The summed E-state index contributed by atoms with van der Waals surface area (Å²) in [4.78, 5) is 4.37. The molecule has 0 spiro atoms. The van der Waals surface area contributed by atoms with Gasteiger partial charge >= 0.3 is 0 Å². The number of hydrogen-bond acceptors (Lipinski definition) is 3. The first-order chi connectivity index (χ1) is 9.88. The minimum absolute atomic E-state index is 0.377. The molecule has 0 amide bonds. The van der Waals surface area contributed by atoms with Crippen molar-refractivity contribution < 1.29 is 0 Å². The fraction of sp³-hybridized carbons (Fsp3) is 0.353. The summed E-state index contributed by atoms with van der Waals surface area (Å²) in [6.45, 7) is 0. The Balaban J connectivity index is 1.56. The van der Waals surface area contributed by atoms with Crippen molar-refractivity contribution in [1.82, 2.24) is 10.4 Å². The average Bonchev–Trinajstić information content (AvgIpc) is 3.30. The van der Waals surface area contributed by atoms with Crippen LogP contribution in [0.3, 0.4) is 0 Å². The third-order valence-electron chi connectivity index (χ3n) is 4.24. The molecule has 1 heterocycles. The lowest BCUT2D eigenvalue weighted by Crippen LogP contribution is -2.37. The summed E-state index contributed by atoms with van der Waals surface area (Å²) >= 11 is 0. The first-order valence-corrected chi connectivity index (χ1v) is 7.29. The number of aryl methyl sites for hydroxylation is 1. The van der Waals surface area contributed by atoms with Crippen LogP contribution in [0.1, 0.15) is 30.0 Å². The second kappa shape index (κ2) is 6.16. The van der Waals surface area contributed by atoms with E-state index in [4.69, 9.17) is 5.84 Å². The zero-order valence-corrected chi connectivity index (χ0v) is 11.6. The lowest BCUT2D eigenvalue weighted by molar-refractivity contribution is 0.437. The number of hydrazine groups is 1. The summed E-state index contributed by atoms with van der Waals surface area (Å²) < 4.78 is 0. The minimum atomic E-state index is 0.377. The number of aromatic nitrogens is 1. The number of benzene rings is 1. The van der Waals surface area contributed by atoms with Crippen LogP contribution < -0.4 is 11.3 Å². The van der Waals surface area contributed by atoms with Crippen molar-refractivity contribution in [3.05, 3.63) is 66.0 Å². The number of nitrogens with two attached hydrogens (primary N) is 1. The van der Waals surface area contributed by atoms with Gasteiger partial charge in [-0.25, -0.2) is 0 Å². The molecule has 1 fully saturated rings. The van der Waals surface area contributed by atoms with Crippen LogP contribution in [0.4, 0.5) is 0 Å². The van der Waals surface area contributed by atoms with Gasteiger partial charge in [-0.05, 0) is 48.8 Å².